The lowest BCUT2D eigenvalue weighted by Gasteiger charge is -2.36. The number of piperazine rings is 1. The van der Waals surface area contributed by atoms with Gasteiger partial charge in [0.25, 0.3) is 0 Å². The zero-order valence-electron chi connectivity index (χ0n) is 14.8. The minimum Gasteiger partial charge on any atom is -0.385 e. The molecule has 0 spiro atoms. The summed E-state index contributed by atoms with van der Waals surface area (Å²) in [5, 5.41) is 10.2. The molecule has 4 rings (SSSR count). The predicted octanol–water partition coefficient (Wildman–Crippen LogP) is 1.48. The van der Waals surface area contributed by atoms with Gasteiger partial charge in [0.15, 0.2) is 5.82 Å². The fourth-order valence-electron chi connectivity index (χ4n) is 3.54. The Morgan fingerprint density at radius 3 is 2.85 bits per heavy atom. The number of nitrogens with one attached hydrogen (secondary N) is 3. The van der Waals surface area contributed by atoms with Gasteiger partial charge in [-0.05, 0) is 30.2 Å². The van der Waals surface area contributed by atoms with Crippen LogP contribution in [0.5, 0.6) is 0 Å². The summed E-state index contributed by atoms with van der Waals surface area (Å²) in [5.41, 5.74) is 5.36. The molecule has 136 valence electrons. The van der Waals surface area contributed by atoms with E-state index in [9.17, 15) is 4.39 Å². The molecule has 2 aliphatic rings. The molecule has 0 saturated carbocycles. The molecule has 1 aromatic carbocycles. The Labute approximate surface area is 152 Å². The maximum atomic E-state index is 14.3. The van der Waals surface area contributed by atoms with E-state index in [0.717, 1.165) is 44.0 Å². The molecule has 6 nitrogen and oxygen atoms in total. The summed E-state index contributed by atoms with van der Waals surface area (Å²) in [5.74, 6) is -0.336. The molecule has 1 aromatic heterocycles. The number of halogens is 1. The molecular weight excluding hydrogens is 331 g/mol. The Kier molecular flexibility index (Phi) is 4.71. The van der Waals surface area contributed by atoms with Crippen LogP contribution < -0.4 is 16.0 Å². The number of benzene rings is 1. The molecule has 2 aliphatic heterocycles. The largest absolute Gasteiger partial charge is 0.385 e. The lowest BCUT2D eigenvalue weighted by atomic mass is 10.1. The number of dihydropyridines is 1. The molecule has 0 unspecified atom stereocenters. The van der Waals surface area contributed by atoms with Crippen LogP contribution in [0.1, 0.15) is 12.5 Å². The average molecular weight is 354 g/mol. The van der Waals surface area contributed by atoms with Crippen molar-refractivity contribution in [3.63, 3.8) is 0 Å². The fraction of sp³-hybridized carbons (Fsp3) is 0.368. The number of hydrogen-bond donors (Lipinski definition) is 3. The van der Waals surface area contributed by atoms with Gasteiger partial charge in [-0.2, -0.15) is 0 Å². The monoisotopic (exact) mass is 354 g/mol. The fourth-order valence-corrected chi connectivity index (χ4v) is 3.54. The van der Waals surface area contributed by atoms with E-state index < -0.39 is 0 Å². The van der Waals surface area contributed by atoms with Crippen LogP contribution in [-0.2, 0) is 6.54 Å². The van der Waals surface area contributed by atoms with Gasteiger partial charge in [-0.15, -0.1) is 0 Å². The maximum Gasteiger partial charge on any atom is 0.151 e. The van der Waals surface area contributed by atoms with E-state index in [0.29, 0.717) is 17.6 Å². The summed E-state index contributed by atoms with van der Waals surface area (Å²) in [6.45, 7) is 7.50. The van der Waals surface area contributed by atoms with Crippen LogP contribution in [0, 0.1) is 5.82 Å². The second-order valence-electron chi connectivity index (χ2n) is 6.66. The van der Waals surface area contributed by atoms with E-state index >= 15 is 0 Å². The predicted molar refractivity (Wildman–Crippen MR) is 99.6 cm³/mol. The van der Waals surface area contributed by atoms with Gasteiger partial charge in [0.05, 0.1) is 16.9 Å². The average Bonchev–Trinajstić information content (AvgIpc) is 2.67. The Bertz CT molecular complexity index is 869. The number of rotatable bonds is 4. The van der Waals surface area contributed by atoms with Gasteiger partial charge >= 0.3 is 0 Å². The summed E-state index contributed by atoms with van der Waals surface area (Å²) in [6.07, 6.45) is 5.11. The highest BCUT2D eigenvalue weighted by atomic mass is 19.1. The Hall–Kier alpha value is -2.67. The highest BCUT2D eigenvalue weighted by Gasteiger charge is 2.21. The summed E-state index contributed by atoms with van der Waals surface area (Å²) >= 11 is 0. The van der Waals surface area contributed by atoms with Gasteiger partial charge in [0.2, 0.25) is 0 Å². The first kappa shape index (κ1) is 16.8. The van der Waals surface area contributed by atoms with Crippen molar-refractivity contribution in [2.45, 2.75) is 13.5 Å². The molecule has 3 heterocycles. The van der Waals surface area contributed by atoms with E-state index in [1.54, 1.807) is 6.20 Å². The van der Waals surface area contributed by atoms with Gasteiger partial charge < -0.3 is 20.9 Å². The summed E-state index contributed by atoms with van der Waals surface area (Å²) < 4.78 is 14.3. The maximum absolute atomic E-state index is 14.3. The summed E-state index contributed by atoms with van der Waals surface area (Å²) in [7, 11) is 0. The first-order valence-electron chi connectivity index (χ1n) is 8.95. The van der Waals surface area contributed by atoms with Crippen molar-refractivity contribution in [1.82, 2.24) is 30.8 Å². The summed E-state index contributed by atoms with van der Waals surface area (Å²) in [6, 6.07) is 3.41. The lowest BCUT2D eigenvalue weighted by molar-refractivity contribution is 0.296. The third-order valence-electron chi connectivity index (χ3n) is 4.78. The van der Waals surface area contributed by atoms with Crippen LogP contribution in [0.4, 0.5) is 4.39 Å². The number of aromatic nitrogens is 2. The molecule has 0 aliphatic carbocycles. The highest BCUT2D eigenvalue weighted by molar-refractivity contribution is 5.75. The zero-order valence-corrected chi connectivity index (χ0v) is 14.8. The molecule has 0 atom stereocenters. The van der Waals surface area contributed by atoms with Gasteiger partial charge in [-0.1, -0.05) is 0 Å². The zero-order chi connectivity index (χ0) is 17.9. The van der Waals surface area contributed by atoms with Crippen LogP contribution in [0.3, 0.4) is 0 Å². The van der Waals surface area contributed by atoms with Crippen molar-refractivity contribution in [3.05, 3.63) is 59.1 Å². The third kappa shape index (κ3) is 3.35. The van der Waals surface area contributed by atoms with E-state index in [4.69, 9.17) is 0 Å². The molecule has 7 heteroatoms. The third-order valence-corrected chi connectivity index (χ3v) is 4.78. The number of hydrogen-bond acceptors (Lipinski definition) is 6. The van der Waals surface area contributed by atoms with Crippen molar-refractivity contribution in [2.75, 3.05) is 32.7 Å². The van der Waals surface area contributed by atoms with Crippen molar-refractivity contribution >= 4 is 11.0 Å². The molecule has 0 amide bonds. The second kappa shape index (κ2) is 7.29. The van der Waals surface area contributed by atoms with E-state index in [-0.39, 0.29) is 5.82 Å². The van der Waals surface area contributed by atoms with Gasteiger partial charge in [0, 0.05) is 57.9 Å². The molecule has 0 radical (unpaired) electrons. The molecular formula is C19H23FN6. The summed E-state index contributed by atoms with van der Waals surface area (Å²) in [4.78, 5) is 10.7. The standard InChI is InChI=1S/C19H23FN6/c1-13-10-22-12-17(19(13)26-6-4-21-5-7-26)25-11-14-8-15(20)18-16(9-14)23-2-3-24-18/h2-3,8-9,12,21-22,25H,4-7,10-11H2,1H3. The number of fused-ring (bicyclic) bond motifs is 1. The topological polar surface area (TPSA) is 65.1 Å². The Morgan fingerprint density at radius 1 is 1.19 bits per heavy atom. The van der Waals surface area contributed by atoms with Gasteiger partial charge in [-0.3, -0.25) is 4.98 Å². The first-order valence-corrected chi connectivity index (χ1v) is 8.95. The van der Waals surface area contributed by atoms with Crippen molar-refractivity contribution in [2.24, 2.45) is 0 Å². The highest BCUT2D eigenvalue weighted by Crippen LogP contribution is 2.22. The first-order chi connectivity index (χ1) is 12.7. The van der Waals surface area contributed by atoms with Gasteiger partial charge in [-0.25, -0.2) is 9.37 Å². The van der Waals surface area contributed by atoms with Crippen LogP contribution in [0.25, 0.3) is 11.0 Å². The smallest absolute Gasteiger partial charge is 0.151 e. The van der Waals surface area contributed by atoms with Crippen LogP contribution >= 0.6 is 0 Å². The van der Waals surface area contributed by atoms with Gasteiger partial charge in [0.1, 0.15) is 5.52 Å². The van der Waals surface area contributed by atoms with Crippen molar-refractivity contribution in [1.29, 1.82) is 0 Å². The second-order valence-corrected chi connectivity index (χ2v) is 6.66. The SMILES string of the molecule is CC1=C(N2CCNCC2)C(NCc2cc(F)c3nccnc3c2)=CNC1. The van der Waals surface area contributed by atoms with Crippen LogP contribution in [0.2, 0.25) is 0 Å². The molecule has 3 N–H and O–H groups in total. The minimum absolute atomic E-state index is 0.312. The molecule has 1 saturated heterocycles. The minimum atomic E-state index is -0.336. The lowest BCUT2D eigenvalue weighted by Crippen LogP contribution is -2.45. The number of nitrogens with zero attached hydrogens (tertiary/aromatic N) is 3. The molecule has 26 heavy (non-hydrogen) atoms. The van der Waals surface area contributed by atoms with E-state index in [2.05, 4.69) is 37.7 Å². The van der Waals surface area contributed by atoms with Crippen molar-refractivity contribution in [3.8, 4) is 0 Å². The van der Waals surface area contributed by atoms with Crippen LogP contribution in [0.15, 0.2) is 47.7 Å². The Morgan fingerprint density at radius 2 is 2.00 bits per heavy atom. The Balaban J connectivity index is 1.54. The molecule has 2 aromatic rings. The molecule has 1 fully saturated rings. The van der Waals surface area contributed by atoms with Crippen LogP contribution in [-0.4, -0.2) is 47.6 Å². The molecule has 0 bridgehead atoms. The van der Waals surface area contributed by atoms with E-state index in [1.807, 2.05) is 12.3 Å². The van der Waals surface area contributed by atoms with E-state index in [1.165, 1.54) is 23.5 Å². The normalized spacial score (nSPS) is 17.9. The van der Waals surface area contributed by atoms with Crippen molar-refractivity contribution < 1.29 is 4.39 Å². The quantitative estimate of drug-likeness (QED) is 0.773.